The molecule has 8 heteroatoms. The number of hydrogen-bond acceptors (Lipinski definition) is 6. The molecule has 3 atom stereocenters. The topological polar surface area (TPSA) is 55.4 Å². The molecule has 0 saturated heterocycles. The van der Waals surface area contributed by atoms with Crippen LogP contribution in [-0.2, 0) is 25.4 Å². The largest absolute Gasteiger partial charge is 0.467 e. The van der Waals surface area contributed by atoms with Crippen LogP contribution in [0.2, 0.25) is 0 Å². The molecule has 0 bridgehead atoms. The number of benzene rings is 2. The Hall–Kier alpha value is -0.920. The minimum Gasteiger partial charge on any atom is -0.467 e. The monoisotopic (exact) mass is 692 g/mol. The molecule has 184 valence electrons. The number of methoxy groups -OCH3 is 4. The zero-order chi connectivity index (χ0) is 24.2. The smallest absolute Gasteiger partial charge is 0.188 e. The summed E-state index contributed by atoms with van der Waals surface area (Å²) in [6.45, 7) is 0.410. The van der Waals surface area contributed by atoms with Gasteiger partial charge in [0.15, 0.2) is 13.6 Å². The normalized spacial score (nSPS) is 21.8. The molecule has 2 aliphatic carbocycles. The lowest BCUT2D eigenvalue weighted by Crippen LogP contribution is -2.30. The van der Waals surface area contributed by atoms with Gasteiger partial charge in [-0.1, -0.05) is 12.1 Å². The highest BCUT2D eigenvalue weighted by Gasteiger charge is 2.41. The van der Waals surface area contributed by atoms with Crippen LogP contribution in [0.4, 0.5) is 0 Å². The number of rotatable bonds is 9. The van der Waals surface area contributed by atoms with Crippen molar-refractivity contribution in [3.63, 3.8) is 0 Å². The van der Waals surface area contributed by atoms with Gasteiger partial charge >= 0.3 is 0 Å². The molecule has 0 fully saturated rings. The second kappa shape index (κ2) is 11.9. The SMILES string of the molecule is COCOc1ccc(I)c2c1CCC[C@H]2C1=C(I)[C@H](OC)[C@@H](OC)c2c(OCOC)cccc21. The minimum atomic E-state index is -0.276. The summed E-state index contributed by atoms with van der Waals surface area (Å²) in [5.41, 5.74) is 6.05. The fourth-order valence-electron chi connectivity index (χ4n) is 5.13. The van der Waals surface area contributed by atoms with Gasteiger partial charge in [0.25, 0.3) is 0 Å². The maximum Gasteiger partial charge on any atom is 0.188 e. The Morgan fingerprint density at radius 1 is 0.824 bits per heavy atom. The van der Waals surface area contributed by atoms with Gasteiger partial charge in [0.05, 0.1) is 0 Å². The second-order valence-electron chi connectivity index (χ2n) is 8.28. The molecule has 2 aromatic rings. The fraction of sp³-hybridized carbons (Fsp3) is 0.462. The Kier molecular flexibility index (Phi) is 9.14. The standard InChI is InChI=1S/C26H30I2O6/c1-29-13-33-19-12-11-18(27)21-15(19)7-5-8-16(21)22-17-9-6-10-20(34-14-30-2)23(17)25(31-3)26(32-4)24(22)28/h6,9-12,16,25-26H,5,7-8,13-14H2,1-4H3/t16-,25+,26+/m1/s1. The highest BCUT2D eigenvalue weighted by molar-refractivity contribution is 14.1. The number of allylic oxidation sites excluding steroid dienone is 1. The summed E-state index contributed by atoms with van der Waals surface area (Å²) in [7, 11) is 6.74. The van der Waals surface area contributed by atoms with Gasteiger partial charge in [-0.25, -0.2) is 0 Å². The molecular weight excluding hydrogens is 662 g/mol. The van der Waals surface area contributed by atoms with Gasteiger partial charge in [0.1, 0.15) is 23.7 Å². The van der Waals surface area contributed by atoms with Crippen LogP contribution < -0.4 is 9.47 Å². The summed E-state index contributed by atoms with van der Waals surface area (Å²) in [4.78, 5) is 0. The van der Waals surface area contributed by atoms with E-state index >= 15 is 0 Å². The van der Waals surface area contributed by atoms with E-state index in [2.05, 4.69) is 63.4 Å². The van der Waals surface area contributed by atoms with E-state index in [1.165, 1.54) is 23.9 Å². The molecule has 0 amide bonds. The fourth-order valence-corrected chi connectivity index (χ4v) is 7.26. The summed E-state index contributed by atoms with van der Waals surface area (Å²) in [6.07, 6.45) is 2.62. The van der Waals surface area contributed by atoms with E-state index in [-0.39, 0.29) is 31.7 Å². The van der Waals surface area contributed by atoms with E-state index in [0.717, 1.165) is 41.9 Å². The first-order valence-corrected chi connectivity index (χ1v) is 13.4. The first kappa shape index (κ1) is 26.2. The summed E-state index contributed by atoms with van der Waals surface area (Å²) < 4.78 is 36.7. The van der Waals surface area contributed by atoms with Crippen molar-refractivity contribution in [3.8, 4) is 11.5 Å². The molecule has 34 heavy (non-hydrogen) atoms. The van der Waals surface area contributed by atoms with E-state index in [4.69, 9.17) is 28.4 Å². The first-order valence-electron chi connectivity index (χ1n) is 11.2. The quantitative estimate of drug-likeness (QED) is 0.229. The van der Waals surface area contributed by atoms with Crippen LogP contribution in [0.25, 0.3) is 5.57 Å². The molecule has 2 aliphatic rings. The third kappa shape index (κ3) is 4.86. The lowest BCUT2D eigenvalue weighted by Gasteiger charge is -2.39. The van der Waals surface area contributed by atoms with Crippen LogP contribution >= 0.6 is 45.2 Å². The average molecular weight is 692 g/mol. The van der Waals surface area contributed by atoms with Crippen LogP contribution in [0, 0.1) is 3.57 Å². The minimum absolute atomic E-state index is 0.172. The zero-order valence-corrected chi connectivity index (χ0v) is 24.2. The van der Waals surface area contributed by atoms with Crippen LogP contribution in [0.15, 0.2) is 33.9 Å². The Morgan fingerprint density at radius 3 is 2.21 bits per heavy atom. The zero-order valence-electron chi connectivity index (χ0n) is 19.9. The van der Waals surface area contributed by atoms with E-state index in [1.807, 2.05) is 12.1 Å². The predicted molar refractivity (Wildman–Crippen MR) is 148 cm³/mol. The van der Waals surface area contributed by atoms with Crippen LogP contribution in [0.3, 0.4) is 0 Å². The molecule has 4 rings (SSSR count). The van der Waals surface area contributed by atoms with Crippen molar-refractivity contribution in [2.75, 3.05) is 42.0 Å². The van der Waals surface area contributed by atoms with Gasteiger partial charge in [-0.3, -0.25) is 0 Å². The number of hydrogen-bond donors (Lipinski definition) is 0. The summed E-state index contributed by atoms with van der Waals surface area (Å²) in [6, 6.07) is 10.4. The lowest BCUT2D eigenvalue weighted by atomic mass is 9.72. The van der Waals surface area contributed by atoms with Crippen molar-refractivity contribution in [2.24, 2.45) is 0 Å². The van der Waals surface area contributed by atoms with Crippen molar-refractivity contribution in [2.45, 2.75) is 37.4 Å². The van der Waals surface area contributed by atoms with E-state index in [0.29, 0.717) is 0 Å². The van der Waals surface area contributed by atoms with Crippen LogP contribution in [0.1, 0.15) is 47.1 Å². The van der Waals surface area contributed by atoms with E-state index < -0.39 is 0 Å². The third-order valence-corrected chi connectivity index (χ3v) is 8.61. The molecule has 0 spiro atoms. The molecular formula is C26H30I2O6. The maximum absolute atomic E-state index is 6.02. The van der Waals surface area contributed by atoms with Gasteiger partial charge in [0, 0.05) is 47.1 Å². The van der Waals surface area contributed by atoms with Crippen molar-refractivity contribution >= 4 is 50.8 Å². The van der Waals surface area contributed by atoms with Gasteiger partial charge in [-0.05, 0) is 105 Å². The Bertz CT molecular complexity index is 1050. The number of ether oxygens (including phenoxy) is 6. The van der Waals surface area contributed by atoms with Crippen molar-refractivity contribution in [3.05, 3.63) is 59.7 Å². The molecule has 2 aromatic carbocycles. The molecule has 0 radical (unpaired) electrons. The molecule has 0 unspecified atom stereocenters. The summed E-state index contributed by atoms with van der Waals surface area (Å²) >= 11 is 4.91. The summed E-state index contributed by atoms with van der Waals surface area (Å²) in [5.74, 6) is 1.88. The Morgan fingerprint density at radius 2 is 1.53 bits per heavy atom. The summed E-state index contributed by atoms with van der Waals surface area (Å²) in [5, 5.41) is 0. The van der Waals surface area contributed by atoms with E-state index in [9.17, 15) is 0 Å². The van der Waals surface area contributed by atoms with Crippen LogP contribution in [-0.4, -0.2) is 48.1 Å². The first-order chi connectivity index (χ1) is 16.6. The maximum atomic E-state index is 6.02. The Balaban J connectivity index is 1.91. The molecule has 0 saturated carbocycles. The Labute approximate surface area is 228 Å². The van der Waals surface area contributed by atoms with Gasteiger partial charge in [0.2, 0.25) is 0 Å². The molecule has 0 aliphatic heterocycles. The van der Waals surface area contributed by atoms with Gasteiger partial charge < -0.3 is 28.4 Å². The van der Waals surface area contributed by atoms with Crippen molar-refractivity contribution in [1.82, 2.24) is 0 Å². The van der Waals surface area contributed by atoms with E-state index in [1.54, 1.807) is 28.4 Å². The van der Waals surface area contributed by atoms with Gasteiger partial charge in [-0.2, -0.15) is 0 Å². The van der Waals surface area contributed by atoms with Crippen LogP contribution in [0.5, 0.6) is 11.5 Å². The molecule has 0 heterocycles. The second-order valence-corrected chi connectivity index (χ2v) is 10.6. The number of halogens is 2. The average Bonchev–Trinajstić information content (AvgIpc) is 2.86. The van der Waals surface area contributed by atoms with Crippen molar-refractivity contribution < 1.29 is 28.4 Å². The lowest BCUT2D eigenvalue weighted by molar-refractivity contribution is -0.0190. The molecule has 0 aromatic heterocycles. The third-order valence-electron chi connectivity index (χ3n) is 6.47. The highest BCUT2D eigenvalue weighted by atomic mass is 127. The van der Waals surface area contributed by atoms with Gasteiger partial charge in [-0.15, -0.1) is 0 Å². The number of fused-ring (bicyclic) bond motifs is 2. The molecule has 0 N–H and O–H groups in total. The highest BCUT2D eigenvalue weighted by Crippen LogP contribution is 2.54. The predicted octanol–water partition coefficient (Wildman–Crippen LogP) is 6.24. The molecule has 6 nitrogen and oxygen atoms in total. The van der Waals surface area contributed by atoms with Crippen molar-refractivity contribution in [1.29, 1.82) is 0 Å².